The number of hydrogen-bond acceptors (Lipinski definition) is 1. The second-order valence-electron chi connectivity index (χ2n) is 5.81. The maximum absolute atomic E-state index is 9.82. The normalized spacial score (nSPS) is 16.9. The van der Waals surface area contributed by atoms with E-state index in [1.54, 1.807) is 13.0 Å². The highest BCUT2D eigenvalue weighted by molar-refractivity contribution is 5.04. The number of allylic oxidation sites excluding steroid dienone is 4. The Balaban J connectivity index is 4.09. The summed E-state index contributed by atoms with van der Waals surface area (Å²) in [6.45, 7) is 14.2. The van der Waals surface area contributed by atoms with Gasteiger partial charge in [-0.15, -0.1) is 6.58 Å². The Bertz CT molecular complexity index is 304. The van der Waals surface area contributed by atoms with Gasteiger partial charge in [-0.05, 0) is 59.3 Å². The van der Waals surface area contributed by atoms with Gasteiger partial charge in [0.05, 0.1) is 5.60 Å². The van der Waals surface area contributed by atoms with E-state index in [4.69, 9.17) is 0 Å². The first-order valence-electron chi connectivity index (χ1n) is 6.94. The highest BCUT2D eigenvalue weighted by atomic mass is 16.3. The number of rotatable bonds is 8. The van der Waals surface area contributed by atoms with Gasteiger partial charge in [0.15, 0.2) is 0 Å². The molecule has 2 unspecified atom stereocenters. The molecule has 18 heavy (non-hydrogen) atoms. The molecule has 0 fully saturated rings. The molecule has 0 amide bonds. The van der Waals surface area contributed by atoms with E-state index in [1.165, 1.54) is 17.6 Å². The lowest BCUT2D eigenvalue weighted by Gasteiger charge is -2.17. The van der Waals surface area contributed by atoms with Crippen LogP contribution in [0.1, 0.15) is 60.3 Å². The van der Waals surface area contributed by atoms with Crippen LogP contribution in [0.25, 0.3) is 0 Å². The first kappa shape index (κ1) is 17.2. The standard InChI is InChI=1S/C17H30O/c1-7-17(6,18)13-9-12-16(5)15(4)11-8-10-14(2)3/h7,10,12,15,18H,1,8-9,11,13H2,2-6H3/b16-12+. The second kappa shape index (κ2) is 8.31. The lowest BCUT2D eigenvalue weighted by molar-refractivity contribution is 0.103. The Kier molecular flexibility index (Phi) is 7.93. The molecule has 0 spiro atoms. The molecule has 104 valence electrons. The van der Waals surface area contributed by atoms with Crippen LogP contribution >= 0.6 is 0 Å². The summed E-state index contributed by atoms with van der Waals surface area (Å²) in [7, 11) is 0. The molecule has 0 aliphatic rings. The van der Waals surface area contributed by atoms with Crippen molar-refractivity contribution in [2.24, 2.45) is 5.92 Å². The molecule has 2 atom stereocenters. The molecule has 1 N–H and O–H groups in total. The van der Waals surface area contributed by atoms with Crippen molar-refractivity contribution in [2.45, 2.75) is 65.9 Å². The van der Waals surface area contributed by atoms with E-state index >= 15 is 0 Å². The van der Waals surface area contributed by atoms with Crippen LogP contribution in [0.3, 0.4) is 0 Å². The van der Waals surface area contributed by atoms with Crippen molar-refractivity contribution in [1.29, 1.82) is 0 Å². The van der Waals surface area contributed by atoms with Gasteiger partial charge >= 0.3 is 0 Å². The Labute approximate surface area is 113 Å². The van der Waals surface area contributed by atoms with Gasteiger partial charge in [-0.2, -0.15) is 0 Å². The largest absolute Gasteiger partial charge is 0.386 e. The van der Waals surface area contributed by atoms with E-state index < -0.39 is 5.60 Å². The summed E-state index contributed by atoms with van der Waals surface area (Å²) in [4.78, 5) is 0. The zero-order chi connectivity index (χ0) is 14.2. The van der Waals surface area contributed by atoms with Crippen molar-refractivity contribution < 1.29 is 5.11 Å². The summed E-state index contributed by atoms with van der Waals surface area (Å²) in [5, 5.41) is 9.82. The van der Waals surface area contributed by atoms with Crippen LogP contribution in [0.2, 0.25) is 0 Å². The molecule has 1 heteroatoms. The van der Waals surface area contributed by atoms with Crippen LogP contribution in [-0.4, -0.2) is 10.7 Å². The summed E-state index contributed by atoms with van der Waals surface area (Å²) in [6.07, 6.45) is 10.2. The van der Waals surface area contributed by atoms with Gasteiger partial charge < -0.3 is 5.11 Å². The summed E-state index contributed by atoms with van der Waals surface area (Å²) in [5.74, 6) is 0.620. The van der Waals surface area contributed by atoms with Gasteiger partial charge in [0.1, 0.15) is 0 Å². The fourth-order valence-electron chi connectivity index (χ4n) is 1.74. The smallest absolute Gasteiger partial charge is 0.0800 e. The van der Waals surface area contributed by atoms with Gasteiger partial charge in [-0.1, -0.05) is 36.3 Å². The number of hydrogen-bond donors (Lipinski definition) is 1. The van der Waals surface area contributed by atoms with E-state index in [-0.39, 0.29) is 0 Å². The lowest BCUT2D eigenvalue weighted by Crippen LogP contribution is -2.19. The van der Waals surface area contributed by atoms with E-state index in [0.29, 0.717) is 5.92 Å². The monoisotopic (exact) mass is 250 g/mol. The maximum atomic E-state index is 9.82. The molecule has 0 saturated heterocycles. The molecule has 0 saturated carbocycles. The Hall–Kier alpha value is -0.820. The number of aliphatic hydroxyl groups is 1. The van der Waals surface area contributed by atoms with E-state index in [0.717, 1.165) is 19.3 Å². The van der Waals surface area contributed by atoms with Crippen LogP contribution in [0.5, 0.6) is 0 Å². The Morgan fingerprint density at radius 1 is 1.22 bits per heavy atom. The van der Waals surface area contributed by atoms with Crippen molar-refractivity contribution in [1.82, 2.24) is 0 Å². The second-order valence-corrected chi connectivity index (χ2v) is 5.81. The molecule has 0 aliphatic carbocycles. The predicted molar refractivity (Wildman–Crippen MR) is 81.6 cm³/mol. The summed E-state index contributed by atoms with van der Waals surface area (Å²) >= 11 is 0. The third-order valence-electron chi connectivity index (χ3n) is 3.49. The summed E-state index contributed by atoms with van der Waals surface area (Å²) < 4.78 is 0. The predicted octanol–water partition coefficient (Wildman–Crippen LogP) is 5.03. The maximum Gasteiger partial charge on any atom is 0.0800 e. The quantitative estimate of drug-likeness (QED) is 0.599. The molecular formula is C17H30O. The highest BCUT2D eigenvalue weighted by Crippen LogP contribution is 2.20. The summed E-state index contributed by atoms with van der Waals surface area (Å²) in [5.41, 5.74) is 2.09. The summed E-state index contributed by atoms with van der Waals surface area (Å²) in [6, 6.07) is 0. The lowest BCUT2D eigenvalue weighted by atomic mass is 9.94. The Morgan fingerprint density at radius 2 is 1.83 bits per heavy atom. The van der Waals surface area contributed by atoms with Crippen molar-refractivity contribution in [3.05, 3.63) is 36.0 Å². The van der Waals surface area contributed by atoms with Crippen molar-refractivity contribution in [3.8, 4) is 0 Å². The van der Waals surface area contributed by atoms with Gasteiger partial charge in [0.25, 0.3) is 0 Å². The molecule has 0 aromatic rings. The minimum atomic E-state index is -0.734. The molecule has 0 aromatic carbocycles. The first-order valence-corrected chi connectivity index (χ1v) is 6.94. The third-order valence-corrected chi connectivity index (χ3v) is 3.49. The van der Waals surface area contributed by atoms with Crippen molar-refractivity contribution in [2.75, 3.05) is 0 Å². The van der Waals surface area contributed by atoms with Crippen LogP contribution in [0.15, 0.2) is 36.0 Å². The zero-order valence-electron chi connectivity index (χ0n) is 12.8. The molecule has 1 nitrogen and oxygen atoms in total. The fourth-order valence-corrected chi connectivity index (χ4v) is 1.74. The van der Waals surface area contributed by atoms with Crippen molar-refractivity contribution >= 4 is 0 Å². The third kappa shape index (κ3) is 8.30. The highest BCUT2D eigenvalue weighted by Gasteiger charge is 2.13. The average Bonchev–Trinajstić information content (AvgIpc) is 2.28. The van der Waals surface area contributed by atoms with Crippen LogP contribution in [0.4, 0.5) is 0 Å². The van der Waals surface area contributed by atoms with Crippen molar-refractivity contribution in [3.63, 3.8) is 0 Å². The molecular weight excluding hydrogens is 220 g/mol. The minimum absolute atomic E-state index is 0.620. The molecule has 0 aromatic heterocycles. The first-order chi connectivity index (χ1) is 8.28. The van der Waals surface area contributed by atoms with Gasteiger partial charge in [-0.3, -0.25) is 0 Å². The van der Waals surface area contributed by atoms with Crippen LogP contribution in [0, 0.1) is 5.92 Å². The van der Waals surface area contributed by atoms with Crippen LogP contribution in [-0.2, 0) is 0 Å². The molecule has 0 bridgehead atoms. The minimum Gasteiger partial charge on any atom is -0.386 e. The van der Waals surface area contributed by atoms with Gasteiger partial charge in [0, 0.05) is 0 Å². The van der Waals surface area contributed by atoms with Crippen LogP contribution < -0.4 is 0 Å². The molecule has 0 rings (SSSR count). The average molecular weight is 250 g/mol. The topological polar surface area (TPSA) is 20.2 Å². The van der Waals surface area contributed by atoms with Gasteiger partial charge in [-0.25, -0.2) is 0 Å². The SMILES string of the molecule is C=CC(C)(O)CC/C=C(\C)C(C)CCC=C(C)C. The van der Waals surface area contributed by atoms with Gasteiger partial charge in [0.2, 0.25) is 0 Å². The zero-order valence-corrected chi connectivity index (χ0v) is 12.8. The Morgan fingerprint density at radius 3 is 2.33 bits per heavy atom. The molecule has 0 radical (unpaired) electrons. The van der Waals surface area contributed by atoms with E-state index in [2.05, 4.69) is 46.4 Å². The molecule has 0 heterocycles. The molecule has 0 aliphatic heterocycles. The fraction of sp³-hybridized carbons (Fsp3) is 0.647. The van der Waals surface area contributed by atoms with E-state index in [9.17, 15) is 5.11 Å². The van der Waals surface area contributed by atoms with E-state index in [1.807, 2.05) is 0 Å².